The van der Waals surface area contributed by atoms with Crippen molar-refractivity contribution in [2.24, 2.45) is 0 Å². The van der Waals surface area contributed by atoms with Gasteiger partial charge < -0.3 is 15.5 Å². The first kappa shape index (κ1) is 19.0. The Kier molecular flexibility index (Phi) is 6.47. The molecule has 2 aromatic rings. The van der Waals surface area contributed by atoms with Crippen LogP contribution in [0.2, 0.25) is 0 Å². The van der Waals surface area contributed by atoms with E-state index >= 15 is 0 Å². The quantitative estimate of drug-likeness (QED) is 0.818. The van der Waals surface area contributed by atoms with Gasteiger partial charge in [-0.1, -0.05) is 43.5 Å². The van der Waals surface area contributed by atoms with Crippen LogP contribution in [0.3, 0.4) is 0 Å². The van der Waals surface area contributed by atoms with Gasteiger partial charge in [-0.05, 0) is 43.2 Å². The summed E-state index contributed by atoms with van der Waals surface area (Å²) in [6.45, 7) is 0.239. The van der Waals surface area contributed by atoms with Crippen molar-refractivity contribution in [3.05, 3.63) is 60.2 Å². The number of para-hydroxylation sites is 1. The van der Waals surface area contributed by atoms with E-state index < -0.39 is 0 Å². The minimum atomic E-state index is -0.119. The molecule has 2 N–H and O–H groups in total. The molecule has 5 nitrogen and oxygen atoms in total. The molecular weight excluding hydrogens is 338 g/mol. The molecule has 5 heteroatoms. The number of hydrogen-bond acceptors (Lipinski definition) is 3. The Morgan fingerprint density at radius 1 is 1.00 bits per heavy atom. The van der Waals surface area contributed by atoms with Crippen LogP contribution in [-0.2, 0) is 4.79 Å². The van der Waals surface area contributed by atoms with Crippen LogP contribution in [0.15, 0.2) is 54.6 Å². The van der Waals surface area contributed by atoms with E-state index in [2.05, 4.69) is 10.6 Å². The van der Waals surface area contributed by atoms with E-state index in [1.54, 1.807) is 24.3 Å². The maximum Gasteiger partial charge on any atom is 0.251 e. The molecule has 1 fully saturated rings. The van der Waals surface area contributed by atoms with Gasteiger partial charge in [0.25, 0.3) is 5.91 Å². The van der Waals surface area contributed by atoms with E-state index in [1.807, 2.05) is 42.3 Å². The van der Waals surface area contributed by atoms with Gasteiger partial charge in [0.05, 0.1) is 6.54 Å². The topological polar surface area (TPSA) is 61.4 Å². The van der Waals surface area contributed by atoms with Crippen LogP contribution >= 0.6 is 0 Å². The molecule has 3 rings (SSSR count). The minimum Gasteiger partial charge on any atom is -0.365 e. The Balaban J connectivity index is 1.56. The summed E-state index contributed by atoms with van der Waals surface area (Å²) in [6, 6.07) is 17.1. The van der Waals surface area contributed by atoms with Gasteiger partial charge >= 0.3 is 0 Å². The zero-order chi connectivity index (χ0) is 19.1. The van der Waals surface area contributed by atoms with E-state index in [-0.39, 0.29) is 24.4 Å². The summed E-state index contributed by atoms with van der Waals surface area (Å²) in [5, 5.41) is 5.99. The third kappa shape index (κ3) is 5.58. The number of nitrogens with zero attached hydrogens (tertiary/aromatic N) is 1. The zero-order valence-corrected chi connectivity index (χ0v) is 15.8. The summed E-state index contributed by atoms with van der Waals surface area (Å²) in [7, 11) is 1.88. The number of anilines is 2. The highest BCUT2D eigenvalue weighted by atomic mass is 16.2. The van der Waals surface area contributed by atoms with Crippen molar-refractivity contribution >= 4 is 23.2 Å². The van der Waals surface area contributed by atoms with Crippen molar-refractivity contribution in [1.29, 1.82) is 0 Å². The first-order valence-electron chi connectivity index (χ1n) is 9.59. The third-order valence-corrected chi connectivity index (χ3v) is 4.93. The van der Waals surface area contributed by atoms with Gasteiger partial charge in [0.1, 0.15) is 0 Å². The highest BCUT2D eigenvalue weighted by Gasteiger charge is 2.17. The lowest BCUT2D eigenvalue weighted by Gasteiger charge is -2.23. The molecule has 0 atom stereocenters. The molecule has 1 saturated carbocycles. The van der Waals surface area contributed by atoms with Gasteiger partial charge in [-0.15, -0.1) is 0 Å². The van der Waals surface area contributed by atoms with Crippen LogP contribution in [0.5, 0.6) is 0 Å². The van der Waals surface area contributed by atoms with Gasteiger partial charge in [0.15, 0.2) is 0 Å². The highest BCUT2D eigenvalue weighted by Crippen LogP contribution is 2.18. The van der Waals surface area contributed by atoms with Gasteiger partial charge in [-0.25, -0.2) is 0 Å². The predicted molar refractivity (Wildman–Crippen MR) is 109 cm³/mol. The Morgan fingerprint density at radius 3 is 2.48 bits per heavy atom. The maximum absolute atomic E-state index is 12.5. The average molecular weight is 365 g/mol. The number of rotatable bonds is 6. The van der Waals surface area contributed by atoms with E-state index in [4.69, 9.17) is 0 Å². The molecule has 2 amide bonds. The molecule has 0 aromatic heterocycles. The van der Waals surface area contributed by atoms with Crippen molar-refractivity contribution in [3.8, 4) is 0 Å². The molecule has 0 bridgehead atoms. The molecule has 0 spiro atoms. The molecule has 1 aliphatic carbocycles. The molecule has 0 unspecified atom stereocenters. The molecule has 0 saturated heterocycles. The second-order valence-electron chi connectivity index (χ2n) is 7.13. The summed E-state index contributed by atoms with van der Waals surface area (Å²) >= 11 is 0. The molecule has 27 heavy (non-hydrogen) atoms. The smallest absolute Gasteiger partial charge is 0.251 e. The zero-order valence-electron chi connectivity index (χ0n) is 15.8. The highest BCUT2D eigenvalue weighted by molar-refractivity contribution is 5.98. The number of hydrogen-bond donors (Lipinski definition) is 2. The Hall–Kier alpha value is -2.82. The van der Waals surface area contributed by atoms with Crippen molar-refractivity contribution in [3.63, 3.8) is 0 Å². The Morgan fingerprint density at radius 2 is 1.74 bits per heavy atom. The standard InChI is InChI=1S/C22H27N3O2/c1-25(20-13-6-3-7-14-20)16-21(26)23-19-12-8-9-17(15-19)22(27)24-18-10-4-2-5-11-18/h3,6-9,12-15,18H,2,4-5,10-11,16H2,1H3,(H,23,26)(H,24,27). The lowest BCUT2D eigenvalue weighted by Crippen LogP contribution is -2.36. The van der Waals surface area contributed by atoms with Gasteiger partial charge in [0, 0.05) is 30.0 Å². The monoisotopic (exact) mass is 365 g/mol. The normalized spacial score (nSPS) is 14.4. The first-order chi connectivity index (χ1) is 13.1. The summed E-state index contributed by atoms with van der Waals surface area (Å²) in [5.74, 6) is -0.189. The van der Waals surface area contributed by atoms with Crippen LogP contribution in [0.1, 0.15) is 42.5 Å². The van der Waals surface area contributed by atoms with Crippen LogP contribution < -0.4 is 15.5 Å². The number of carbonyl (C=O) groups is 2. The number of likely N-dealkylation sites (N-methyl/N-ethyl adjacent to an activating group) is 1. The molecular formula is C22H27N3O2. The fourth-order valence-corrected chi connectivity index (χ4v) is 3.44. The number of benzene rings is 2. The fourth-order valence-electron chi connectivity index (χ4n) is 3.44. The molecule has 0 aliphatic heterocycles. The maximum atomic E-state index is 12.5. The summed E-state index contributed by atoms with van der Waals surface area (Å²) in [6.07, 6.45) is 5.71. The van der Waals surface area contributed by atoms with Gasteiger partial charge in [-0.2, -0.15) is 0 Å². The van der Waals surface area contributed by atoms with Crippen molar-refractivity contribution in [1.82, 2.24) is 5.32 Å². The van der Waals surface area contributed by atoms with E-state index in [1.165, 1.54) is 19.3 Å². The predicted octanol–water partition coefficient (Wildman–Crippen LogP) is 3.82. The van der Waals surface area contributed by atoms with E-state index in [9.17, 15) is 9.59 Å². The van der Waals surface area contributed by atoms with Crippen LogP contribution in [0.25, 0.3) is 0 Å². The van der Waals surface area contributed by atoms with Gasteiger partial charge in [-0.3, -0.25) is 9.59 Å². The summed E-state index contributed by atoms with van der Waals surface area (Å²) < 4.78 is 0. The number of carbonyl (C=O) groups excluding carboxylic acids is 2. The third-order valence-electron chi connectivity index (χ3n) is 4.93. The fraction of sp³-hybridized carbons (Fsp3) is 0.364. The lowest BCUT2D eigenvalue weighted by atomic mass is 9.95. The van der Waals surface area contributed by atoms with E-state index in [0.717, 1.165) is 18.5 Å². The number of nitrogens with one attached hydrogen (secondary N) is 2. The summed E-state index contributed by atoms with van der Waals surface area (Å²) in [5.41, 5.74) is 2.20. The summed E-state index contributed by atoms with van der Waals surface area (Å²) in [4.78, 5) is 26.7. The number of amides is 2. The van der Waals surface area contributed by atoms with Gasteiger partial charge in [0.2, 0.25) is 5.91 Å². The van der Waals surface area contributed by atoms with Crippen LogP contribution in [0, 0.1) is 0 Å². The molecule has 1 aliphatic rings. The van der Waals surface area contributed by atoms with Crippen LogP contribution in [0.4, 0.5) is 11.4 Å². The Bertz CT molecular complexity index is 770. The second-order valence-corrected chi connectivity index (χ2v) is 7.13. The van der Waals surface area contributed by atoms with E-state index in [0.29, 0.717) is 11.3 Å². The first-order valence-corrected chi connectivity index (χ1v) is 9.59. The molecule has 2 aromatic carbocycles. The molecule has 0 heterocycles. The SMILES string of the molecule is CN(CC(=O)Nc1cccc(C(=O)NC2CCCCC2)c1)c1ccccc1. The second kappa shape index (κ2) is 9.21. The largest absolute Gasteiger partial charge is 0.365 e. The lowest BCUT2D eigenvalue weighted by molar-refractivity contribution is -0.114. The van der Waals surface area contributed by atoms with Crippen LogP contribution in [-0.4, -0.2) is 31.4 Å². The van der Waals surface area contributed by atoms with Crippen molar-refractivity contribution in [2.45, 2.75) is 38.1 Å². The van der Waals surface area contributed by atoms with Crippen molar-refractivity contribution in [2.75, 3.05) is 23.8 Å². The Labute approximate surface area is 160 Å². The minimum absolute atomic E-state index is 0.0700. The molecule has 142 valence electrons. The average Bonchev–Trinajstić information content (AvgIpc) is 2.69. The van der Waals surface area contributed by atoms with Crippen molar-refractivity contribution < 1.29 is 9.59 Å². The molecule has 0 radical (unpaired) electrons.